The molecule has 2 atom stereocenters. The van der Waals surface area contributed by atoms with E-state index in [1.807, 2.05) is 25.1 Å². The second-order valence-electron chi connectivity index (χ2n) is 5.35. The van der Waals surface area contributed by atoms with Gasteiger partial charge in [0.2, 0.25) is 0 Å². The number of hydrogen-bond acceptors (Lipinski definition) is 2. The van der Waals surface area contributed by atoms with E-state index < -0.39 is 0 Å². The number of carbonyl (C=O) groups excluding carboxylic acids is 1. The van der Waals surface area contributed by atoms with Gasteiger partial charge in [-0.15, -0.1) is 0 Å². The van der Waals surface area contributed by atoms with Crippen LogP contribution in [-0.2, 0) is 0 Å². The van der Waals surface area contributed by atoms with Gasteiger partial charge in [0.15, 0.2) is 5.78 Å². The first-order valence-corrected chi connectivity index (χ1v) is 7.04. The highest BCUT2D eigenvalue weighted by Crippen LogP contribution is 2.31. The molecule has 1 aromatic rings. The Morgan fingerprint density at radius 1 is 1.33 bits per heavy atom. The van der Waals surface area contributed by atoms with Crippen molar-refractivity contribution >= 4 is 11.5 Å². The minimum atomic E-state index is 0.246. The molecule has 1 aromatic carbocycles. The van der Waals surface area contributed by atoms with E-state index in [0.29, 0.717) is 18.4 Å². The molecule has 0 radical (unpaired) electrons. The molecule has 0 N–H and O–H groups in total. The lowest BCUT2D eigenvalue weighted by molar-refractivity contribution is 0.0988. The summed E-state index contributed by atoms with van der Waals surface area (Å²) in [7, 11) is 0. The van der Waals surface area contributed by atoms with Crippen molar-refractivity contribution in [1.82, 2.24) is 0 Å². The van der Waals surface area contributed by atoms with Gasteiger partial charge in [0.05, 0.1) is 0 Å². The fraction of sp³-hybridized carbons (Fsp3) is 0.562. The van der Waals surface area contributed by atoms with Gasteiger partial charge < -0.3 is 4.90 Å². The van der Waals surface area contributed by atoms with E-state index in [1.165, 1.54) is 12.8 Å². The third-order valence-corrected chi connectivity index (χ3v) is 4.21. The number of nitrogens with zero attached hydrogens (tertiary/aromatic N) is 1. The van der Waals surface area contributed by atoms with Gasteiger partial charge in [0, 0.05) is 30.3 Å². The molecule has 0 amide bonds. The van der Waals surface area contributed by atoms with Crippen LogP contribution in [0.15, 0.2) is 24.3 Å². The first kappa shape index (κ1) is 13.1. The largest absolute Gasteiger partial charge is 0.368 e. The summed E-state index contributed by atoms with van der Waals surface area (Å²) in [5.74, 6) is 0.944. The number of benzene rings is 1. The molecule has 18 heavy (non-hydrogen) atoms. The van der Waals surface area contributed by atoms with Gasteiger partial charge in [0.1, 0.15) is 0 Å². The highest BCUT2D eigenvalue weighted by Gasteiger charge is 2.26. The summed E-state index contributed by atoms with van der Waals surface area (Å²) < 4.78 is 0. The Morgan fingerprint density at radius 2 is 2.06 bits per heavy atom. The first-order chi connectivity index (χ1) is 8.65. The molecule has 0 aliphatic carbocycles. The summed E-state index contributed by atoms with van der Waals surface area (Å²) in [5, 5.41) is 0. The van der Waals surface area contributed by atoms with Crippen molar-refractivity contribution in [2.75, 3.05) is 11.4 Å². The first-order valence-electron chi connectivity index (χ1n) is 7.04. The zero-order valence-electron chi connectivity index (χ0n) is 11.6. The summed E-state index contributed by atoms with van der Waals surface area (Å²) in [6, 6.07) is 8.58. The number of carbonyl (C=O) groups is 1. The number of Topliss-reactive ketones (excluding diaryl/α,β-unsaturated/α-hetero) is 1. The van der Waals surface area contributed by atoms with Crippen molar-refractivity contribution in [2.45, 2.75) is 46.1 Å². The summed E-state index contributed by atoms with van der Waals surface area (Å²) in [6.07, 6.45) is 3.09. The number of anilines is 1. The highest BCUT2D eigenvalue weighted by atomic mass is 16.1. The number of rotatable bonds is 3. The summed E-state index contributed by atoms with van der Waals surface area (Å²) in [4.78, 5) is 14.5. The fourth-order valence-corrected chi connectivity index (χ4v) is 2.83. The quantitative estimate of drug-likeness (QED) is 0.753. The number of piperidine rings is 1. The predicted molar refractivity (Wildman–Crippen MR) is 76.3 cm³/mol. The van der Waals surface area contributed by atoms with Crippen LogP contribution in [0.1, 0.15) is 50.4 Å². The van der Waals surface area contributed by atoms with Crippen LogP contribution in [0.5, 0.6) is 0 Å². The number of hydrogen-bond donors (Lipinski definition) is 0. The van der Waals surface area contributed by atoms with Gasteiger partial charge in [-0.1, -0.05) is 26.0 Å². The normalized spacial score (nSPS) is 24.1. The Labute approximate surface area is 110 Å². The molecule has 1 aliphatic heterocycles. The summed E-state index contributed by atoms with van der Waals surface area (Å²) >= 11 is 0. The molecule has 1 aliphatic rings. The third kappa shape index (κ3) is 2.43. The van der Waals surface area contributed by atoms with Crippen LogP contribution in [0.25, 0.3) is 0 Å². The van der Waals surface area contributed by atoms with Crippen molar-refractivity contribution < 1.29 is 4.79 Å². The number of ketones is 1. The molecule has 0 spiro atoms. The Hall–Kier alpha value is -1.31. The molecule has 2 unspecified atom stereocenters. The van der Waals surface area contributed by atoms with Crippen molar-refractivity contribution in [2.24, 2.45) is 5.92 Å². The van der Waals surface area contributed by atoms with Gasteiger partial charge in [-0.05, 0) is 37.8 Å². The van der Waals surface area contributed by atoms with Gasteiger partial charge in [-0.2, -0.15) is 0 Å². The molecule has 2 nitrogen and oxygen atoms in total. The maximum Gasteiger partial charge on any atom is 0.164 e. The van der Waals surface area contributed by atoms with Crippen LogP contribution in [0.3, 0.4) is 0 Å². The second-order valence-corrected chi connectivity index (χ2v) is 5.35. The zero-order chi connectivity index (χ0) is 13.1. The lowest BCUT2D eigenvalue weighted by atomic mass is 9.90. The molecule has 1 saturated heterocycles. The van der Waals surface area contributed by atoms with Crippen LogP contribution >= 0.6 is 0 Å². The fourth-order valence-electron chi connectivity index (χ4n) is 2.83. The SMILES string of the molecule is CCC(=O)c1ccccc1N1CCCC(C)C1C. The maximum absolute atomic E-state index is 12.0. The van der Waals surface area contributed by atoms with Gasteiger partial charge >= 0.3 is 0 Å². The topological polar surface area (TPSA) is 20.3 Å². The summed E-state index contributed by atoms with van der Waals surface area (Å²) in [5.41, 5.74) is 2.02. The molecule has 2 heteroatoms. The van der Waals surface area contributed by atoms with Crippen molar-refractivity contribution in [3.05, 3.63) is 29.8 Å². The minimum Gasteiger partial charge on any atom is -0.368 e. The van der Waals surface area contributed by atoms with Gasteiger partial charge in [0.25, 0.3) is 0 Å². The highest BCUT2D eigenvalue weighted by molar-refractivity contribution is 6.01. The smallest absolute Gasteiger partial charge is 0.164 e. The lowest BCUT2D eigenvalue weighted by Gasteiger charge is -2.40. The van der Waals surface area contributed by atoms with E-state index in [2.05, 4.69) is 24.8 Å². The Kier molecular flexibility index (Phi) is 4.05. The van der Waals surface area contributed by atoms with Crippen LogP contribution < -0.4 is 4.90 Å². The van der Waals surface area contributed by atoms with Crippen molar-refractivity contribution in [3.8, 4) is 0 Å². The van der Waals surface area contributed by atoms with Crippen molar-refractivity contribution in [3.63, 3.8) is 0 Å². The third-order valence-electron chi connectivity index (χ3n) is 4.21. The van der Waals surface area contributed by atoms with E-state index >= 15 is 0 Å². The molecule has 2 rings (SSSR count). The summed E-state index contributed by atoms with van der Waals surface area (Å²) in [6.45, 7) is 7.58. The number of para-hydroxylation sites is 1. The van der Waals surface area contributed by atoms with E-state index in [0.717, 1.165) is 17.8 Å². The molecule has 1 fully saturated rings. The van der Waals surface area contributed by atoms with Crippen LogP contribution in [-0.4, -0.2) is 18.4 Å². The molecule has 0 bridgehead atoms. The molecule has 0 saturated carbocycles. The zero-order valence-corrected chi connectivity index (χ0v) is 11.6. The molecular formula is C16H23NO. The van der Waals surface area contributed by atoms with Crippen LogP contribution in [0.4, 0.5) is 5.69 Å². The van der Waals surface area contributed by atoms with E-state index in [1.54, 1.807) is 0 Å². The molecule has 98 valence electrons. The van der Waals surface area contributed by atoms with E-state index in [-0.39, 0.29) is 5.78 Å². The van der Waals surface area contributed by atoms with Crippen molar-refractivity contribution in [1.29, 1.82) is 0 Å². The van der Waals surface area contributed by atoms with Gasteiger partial charge in [-0.3, -0.25) is 4.79 Å². The molecule has 0 aromatic heterocycles. The average Bonchev–Trinajstić information content (AvgIpc) is 2.41. The van der Waals surface area contributed by atoms with E-state index in [4.69, 9.17) is 0 Å². The lowest BCUT2D eigenvalue weighted by Crippen LogP contribution is -2.43. The Bertz CT molecular complexity index is 427. The Morgan fingerprint density at radius 3 is 2.78 bits per heavy atom. The Balaban J connectivity index is 2.35. The maximum atomic E-state index is 12.0. The minimum absolute atomic E-state index is 0.246. The monoisotopic (exact) mass is 245 g/mol. The van der Waals surface area contributed by atoms with Crippen LogP contribution in [0.2, 0.25) is 0 Å². The van der Waals surface area contributed by atoms with Gasteiger partial charge in [-0.25, -0.2) is 0 Å². The van der Waals surface area contributed by atoms with E-state index in [9.17, 15) is 4.79 Å². The molecule has 1 heterocycles. The van der Waals surface area contributed by atoms with Crippen LogP contribution in [0, 0.1) is 5.92 Å². The standard InChI is InChI=1S/C16H23NO/c1-4-16(18)14-9-5-6-10-15(14)17-11-7-8-12(2)13(17)3/h5-6,9-10,12-13H,4,7-8,11H2,1-3H3. The molecular weight excluding hydrogens is 222 g/mol. The predicted octanol–water partition coefficient (Wildman–Crippen LogP) is 3.90. The average molecular weight is 245 g/mol. The second kappa shape index (κ2) is 5.55.